The number of benzene rings is 2. The molecule has 0 spiro atoms. The number of H-pyrrole nitrogens is 1. The number of rotatable bonds is 14. The Hall–Kier alpha value is -5.77. The summed E-state index contributed by atoms with van der Waals surface area (Å²) in [5.41, 5.74) is 1.97. The minimum Gasteiger partial charge on any atom is -0.494 e. The van der Waals surface area contributed by atoms with E-state index >= 15 is 0 Å². The first-order chi connectivity index (χ1) is 26.7. The Morgan fingerprint density at radius 2 is 1.61 bits per heavy atom. The van der Waals surface area contributed by atoms with Crippen LogP contribution in [0.2, 0.25) is 0 Å². The minimum atomic E-state index is -1.86. The number of aromatic nitrogens is 2. The summed E-state index contributed by atoms with van der Waals surface area (Å²) in [7, 11) is 0. The monoisotopic (exact) mass is 774 g/mol. The summed E-state index contributed by atoms with van der Waals surface area (Å²) in [5, 5.41) is 28.0. The fourth-order valence-electron chi connectivity index (χ4n) is 6.22. The average molecular weight is 775 g/mol. The number of carbonyl (C=O) groups excluding carboxylic acids is 6. The highest BCUT2D eigenvalue weighted by Crippen LogP contribution is 2.16. The van der Waals surface area contributed by atoms with E-state index in [2.05, 4.69) is 41.9 Å². The number of imidazole rings is 1. The maximum atomic E-state index is 14.0. The molecule has 302 valence electrons. The van der Waals surface area contributed by atoms with Crippen LogP contribution in [0, 0.1) is 11.8 Å². The molecule has 0 aliphatic carbocycles. The van der Waals surface area contributed by atoms with Gasteiger partial charge in [0, 0.05) is 38.2 Å². The molecule has 2 aliphatic rings. The van der Waals surface area contributed by atoms with Gasteiger partial charge in [-0.05, 0) is 47.9 Å². The molecule has 56 heavy (non-hydrogen) atoms. The number of aliphatic hydroxyl groups excluding tert-OH is 1. The van der Waals surface area contributed by atoms with Crippen LogP contribution in [0.1, 0.15) is 57.9 Å². The summed E-state index contributed by atoms with van der Waals surface area (Å²) < 4.78 is 5.78. The standard InChI is InChI=1S/C40H54N8O8/c1-23(2)33-38(53)42-16-9-17-56-29-14-12-27(13-15-29)19-31(36(51)47-33)46-40(55)35(50)30(18-26-10-7-6-8-11-26)45-39(54)34(24(3)4)48-37(52)32(44-25(5)49)20-28-21-41-22-43-28/h6-8,10-15,21-24,30-35,50H,9,16-20H2,1-5H3,(H,41,43)(H,42,53)(H,44,49)(H,45,54)(H,46,55)(H,47,51)(H,48,52)/t30-,31-,32-,33-,34-,35+/m0/s1. The molecule has 3 heterocycles. The summed E-state index contributed by atoms with van der Waals surface area (Å²) in [6, 6.07) is 10.4. The molecular formula is C40H54N8O8. The van der Waals surface area contributed by atoms with Crippen molar-refractivity contribution in [3.05, 3.63) is 83.9 Å². The molecule has 0 unspecified atom stereocenters. The van der Waals surface area contributed by atoms with Crippen molar-refractivity contribution < 1.29 is 38.6 Å². The molecule has 0 saturated heterocycles. The number of carbonyl (C=O) groups is 6. The van der Waals surface area contributed by atoms with E-state index in [9.17, 15) is 33.9 Å². The van der Waals surface area contributed by atoms with Gasteiger partial charge in [0.2, 0.25) is 29.5 Å². The second-order valence-electron chi connectivity index (χ2n) is 14.6. The Kier molecular flexibility index (Phi) is 15.9. The van der Waals surface area contributed by atoms with Crippen molar-refractivity contribution >= 4 is 35.4 Å². The topological polar surface area (TPSA) is 233 Å². The first-order valence-electron chi connectivity index (χ1n) is 18.9. The first kappa shape index (κ1) is 43.0. The molecule has 6 amide bonds. The van der Waals surface area contributed by atoms with Gasteiger partial charge in [-0.3, -0.25) is 28.8 Å². The first-order valence-corrected chi connectivity index (χ1v) is 18.9. The number of aromatic amines is 1. The fourth-order valence-corrected chi connectivity index (χ4v) is 6.22. The van der Waals surface area contributed by atoms with Gasteiger partial charge in [0.15, 0.2) is 6.10 Å². The Bertz CT molecular complexity index is 1770. The van der Waals surface area contributed by atoms with E-state index in [-0.39, 0.29) is 31.1 Å². The van der Waals surface area contributed by atoms with E-state index in [1.165, 1.54) is 19.4 Å². The molecule has 8 N–H and O–H groups in total. The number of hydrogen-bond donors (Lipinski definition) is 8. The van der Waals surface area contributed by atoms with E-state index in [4.69, 9.17) is 4.74 Å². The average Bonchev–Trinajstić information content (AvgIpc) is 3.67. The van der Waals surface area contributed by atoms with Crippen LogP contribution < -0.4 is 36.6 Å². The van der Waals surface area contributed by atoms with Crippen molar-refractivity contribution in [2.24, 2.45) is 11.8 Å². The highest BCUT2D eigenvalue weighted by molar-refractivity contribution is 5.94. The van der Waals surface area contributed by atoms with Gasteiger partial charge in [-0.15, -0.1) is 0 Å². The number of nitrogens with zero attached hydrogens (tertiary/aromatic N) is 1. The van der Waals surface area contributed by atoms with Crippen LogP contribution in [0.15, 0.2) is 67.1 Å². The molecule has 16 heteroatoms. The number of nitrogens with one attached hydrogen (secondary N) is 7. The van der Waals surface area contributed by atoms with Crippen LogP contribution in [0.25, 0.3) is 0 Å². The normalized spacial score (nSPS) is 18.5. The van der Waals surface area contributed by atoms with Crippen molar-refractivity contribution in [3.8, 4) is 5.75 Å². The molecule has 2 aromatic carbocycles. The van der Waals surface area contributed by atoms with Crippen LogP contribution in [-0.4, -0.2) is 100.0 Å². The van der Waals surface area contributed by atoms with Crippen LogP contribution in [0.5, 0.6) is 5.75 Å². The number of hydrogen-bond acceptors (Lipinski definition) is 9. The zero-order chi connectivity index (χ0) is 40.8. The van der Waals surface area contributed by atoms with Crippen LogP contribution in [0.3, 0.4) is 0 Å². The molecule has 0 saturated carbocycles. The van der Waals surface area contributed by atoms with Crippen molar-refractivity contribution in [3.63, 3.8) is 0 Å². The summed E-state index contributed by atoms with van der Waals surface area (Å²) in [6.45, 7) is 9.02. The zero-order valence-electron chi connectivity index (χ0n) is 32.5. The second-order valence-corrected chi connectivity index (χ2v) is 14.6. The summed E-state index contributed by atoms with van der Waals surface area (Å²) >= 11 is 0. The molecular weight excluding hydrogens is 720 g/mol. The Morgan fingerprint density at radius 1 is 0.893 bits per heavy atom. The smallest absolute Gasteiger partial charge is 0.251 e. The van der Waals surface area contributed by atoms with Crippen molar-refractivity contribution in [2.75, 3.05) is 13.2 Å². The third-order valence-corrected chi connectivity index (χ3v) is 9.33. The molecule has 1 aromatic heterocycles. The molecule has 2 bridgehead atoms. The predicted molar refractivity (Wildman–Crippen MR) is 207 cm³/mol. The van der Waals surface area contributed by atoms with Crippen molar-refractivity contribution in [1.29, 1.82) is 0 Å². The Balaban J connectivity index is 1.57. The fraction of sp³-hybridized carbons (Fsp3) is 0.475. The lowest BCUT2D eigenvalue weighted by molar-refractivity contribution is -0.137. The molecule has 2 aliphatic heterocycles. The molecule has 6 atom stereocenters. The van der Waals surface area contributed by atoms with E-state index < -0.39 is 71.8 Å². The maximum absolute atomic E-state index is 14.0. The lowest BCUT2D eigenvalue weighted by Crippen LogP contribution is -2.61. The third-order valence-electron chi connectivity index (χ3n) is 9.33. The highest BCUT2D eigenvalue weighted by atomic mass is 16.5. The van der Waals surface area contributed by atoms with E-state index in [1.54, 1.807) is 82.3 Å². The SMILES string of the molecule is CC(=O)N[C@@H](Cc1cnc[nH]1)C(=O)N[C@H](C(=O)N[C@@H](Cc1ccccc1)[C@@H](O)C(=O)N[C@H]1Cc2ccc(cc2)OCCCNC(=O)[C@H](C(C)C)NC1=O)C(C)C. The van der Waals surface area contributed by atoms with Gasteiger partial charge >= 0.3 is 0 Å². The molecule has 3 aromatic rings. The zero-order valence-corrected chi connectivity index (χ0v) is 32.5. The highest BCUT2D eigenvalue weighted by Gasteiger charge is 2.36. The molecule has 0 fully saturated rings. The van der Waals surface area contributed by atoms with Gasteiger partial charge in [0.25, 0.3) is 5.91 Å². The summed E-state index contributed by atoms with van der Waals surface area (Å²) in [6.07, 6.45) is 1.78. The third kappa shape index (κ3) is 12.9. The van der Waals surface area contributed by atoms with Crippen molar-refractivity contribution in [2.45, 2.75) is 96.6 Å². The van der Waals surface area contributed by atoms with Gasteiger partial charge < -0.3 is 46.7 Å². The van der Waals surface area contributed by atoms with Crippen LogP contribution in [-0.2, 0) is 48.0 Å². The number of ether oxygens (including phenoxy) is 1. The largest absolute Gasteiger partial charge is 0.494 e. The predicted octanol–water partition coefficient (Wildman–Crippen LogP) is 0.453. The van der Waals surface area contributed by atoms with Gasteiger partial charge in [-0.1, -0.05) is 70.2 Å². The van der Waals surface area contributed by atoms with E-state index in [0.717, 1.165) is 0 Å². The number of aliphatic hydroxyl groups is 1. The Labute approximate surface area is 326 Å². The lowest BCUT2D eigenvalue weighted by Gasteiger charge is -2.30. The number of amides is 6. The van der Waals surface area contributed by atoms with E-state index in [1.807, 2.05) is 0 Å². The van der Waals surface area contributed by atoms with Gasteiger partial charge in [-0.2, -0.15) is 0 Å². The van der Waals surface area contributed by atoms with Crippen LogP contribution >= 0.6 is 0 Å². The summed E-state index contributed by atoms with van der Waals surface area (Å²) in [5.74, 6) is -3.83. The Morgan fingerprint density at radius 3 is 2.23 bits per heavy atom. The molecule has 16 nitrogen and oxygen atoms in total. The maximum Gasteiger partial charge on any atom is 0.251 e. The second kappa shape index (κ2) is 20.8. The summed E-state index contributed by atoms with van der Waals surface area (Å²) in [4.78, 5) is 87.2. The van der Waals surface area contributed by atoms with E-state index in [0.29, 0.717) is 42.1 Å². The molecule has 0 radical (unpaired) electrons. The quantitative estimate of drug-likeness (QED) is 0.114. The van der Waals surface area contributed by atoms with Gasteiger partial charge in [-0.25, -0.2) is 4.98 Å². The number of fused-ring (bicyclic) bond motifs is 12. The lowest BCUT2D eigenvalue weighted by atomic mass is 9.97. The van der Waals surface area contributed by atoms with Crippen LogP contribution in [0.4, 0.5) is 0 Å². The van der Waals surface area contributed by atoms with Crippen molar-refractivity contribution in [1.82, 2.24) is 41.9 Å². The minimum absolute atomic E-state index is 0.0161. The molecule has 5 rings (SSSR count). The van der Waals surface area contributed by atoms with Gasteiger partial charge in [0.1, 0.15) is 29.9 Å². The van der Waals surface area contributed by atoms with Gasteiger partial charge in [0.05, 0.1) is 19.0 Å².